The Morgan fingerprint density at radius 1 is 1.05 bits per heavy atom. The van der Waals surface area contributed by atoms with E-state index in [0.29, 0.717) is 16.6 Å². The number of nitrogens with one attached hydrogen (secondary N) is 1. The molecule has 0 aliphatic rings. The standard InChI is InChI=1S/C17H17Cl2N3/c18-14-5-4-13-12(3-1-2-8-20)16(22-17(13)15(14)19)11-6-9-21-10-7-11/h4-7,9-10,22H,1-3,8,20H2. The third kappa shape index (κ3) is 2.84. The summed E-state index contributed by atoms with van der Waals surface area (Å²) < 4.78 is 0. The Hall–Kier alpha value is -1.55. The number of aromatic amines is 1. The van der Waals surface area contributed by atoms with Crippen LogP contribution in [0.25, 0.3) is 22.2 Å². The Kier molecular flexibility index (Phi) is 4.67. The topological polar surface area (TPSA) is 54.7 Å². The molecule has 0 radical (unpaired) electrons. The van der Waals surface area contributed by atoms with Gasteiger partial charge in [0.15, 0.2) is 0 Å². The summed E-state index contributed by atoms with van der Waals surface area (Å²) in [6, 6.07) is 7.87. The highest BCUT2D eigenvalue weighted by Gasteiger charge is 2.16. The van der Waals surface area contributed by atoms with Crippen molar-refractivity contribution in [1.29, 1.82) is 0 Å². The van der Waals surface area contributed by atoms with E-state index in [0.717, 1.165) is 41.4 Å². The molecule has 0 aliphatic heterocycles. The van der Waals surface area contributed by atoms with Gasteiger partial charge in [-0.25, -0.2) is 0 Å². The van der Waals surface area contributed by atoms with E-state index in [1.165, 1.54) is 5.56 Å². The first-order chi connectivity index (χ1) is 10.7. The fraction of sp³-hybridized carbons (Fsp3) is 0.235. The molecule has 0 spiro atoms. The molecule has 0 fully saturated rings. The lowest BCUT2D eigenvalue weighted by atomic mass is 10.0. The summed E-state index contributed by atoms with van der Waals surface area (Å²) in [5.41, 5.74) is 9.95. The average Bonchev–Trinajstić information content (AvgIpc) is 2.92. The molecule has 3 N–H and O–H groups in total. The summed E-state index contributed by atoms with van der Waals surface area (Å²) in [5, 5.41) is 2.25. The first-order valence-corrected chi connectivity index (χ1v) is 8.07. The number of rotatable bonds is 5. The molecule has 0 saturated carbocycles. The van der Waals surface area contributed by atoms with Gasteiger partial charge in [-0.15, -0.1) is 0 Å². The number of H-pyrrole nitrogens is 1. The van der Waals surface area contributed by atoms with Crippen molar-refractivity contribution in [2.75, 3.05) is 6.54 Å². The van der Waals surface area contributed by atoms with Gasteiger partial charge in [-0.3, -0.25) is 4.98 Å². The van der Waals surface area contributed by atoms with Crippen molar-refractivity contribution in [3.8, 4) is 11.3 Å². The lowest BCUT2D eigenvalue weighted by Crippen LogP contribution is -1.99. The highest BCUT2D eigenvalue weighted by Crippen LogP contribution is 2.37. The van der Waals surface area contributed by atoms with Crippen LogP contribution < -0.4 is 5.73 Å². The molecule has 0 unspecified atom stereocenters. The number of benzene rings is 1. The molecule has 3 aromatic rings. The number of aromatic nitrogens is 2. The Balaban J connectivity index is 2.16. The van der Waals surface area contributed by atoms with Crippen LogP contribution in [0.1, 0.15) is 18.4 Å². The Labute approximate surface area is 139 Å². The summed E-state index contributed by atoms with van der Waals surface area (Å²) >= 11 is 12.5. The molecule has 114 valence electrons. The van der Waals surface area contributed by atoms with E-state index >= 15 is 0 Å². The molecular formula is C17H17Cl2N3. The van der Waals surface area contributed by atoms with Crippen LogP contribution in [0.5, 0.6) is 0 Å². The van der Waals surface area contributed by atoms with Crippen molar-refractivity contribution in [3.63, 3.8) is 0 Å². The highest BCUT2D eigenvalue weighted by molar-refractivity contribution is 6.45. The van der Waals surface area contributed by atoms with Crippen LogP contribution >= 0.6 is 23.2 Å². The lowest BCUT2D eigenvalue weighted by molar-refractivity contribution is 0.748. The van der Waals surface area contributed by atoms with Crippen molar-refractivity contribution in [3.05, 3.63) is 52.3 Å². The van der Waals surface area contributed by atoms with E-state index < -0.39 is 0 Å². The van der Waals surface area contributed by atoms with E-state index in [9.17, 15) is 0 Å². The van der Waals surface area contributed by atoms with Gasteiger partial charge in [0, 0.05) is 29.0 Å². The number of unbranched alkanes of at least 4 members (excludes halogenated alkanes) is 1. The van der Waals surface area contributed by atoms with Crippen LogP contribution in [0.2, 0.25) is 10.0 Å². The SMILES string of the molecule is NCCCCc1c(-c2ccncc2)[nH]c2c(Cl)c(Cl)ccc12. The van der Waals surface area contributed by atoms with E-state index in [2.05, 4.69) is 9.97 Å². The number of hydrogen-bond donors (Lipinski definition) is 2. The predicted octanol–water partition coefficient (Wildman–Crippen LogP) is 4.82. The number of pyridine rings is 1. The lowest BCUT2D eigenvalue weighted by Gasteiger charge is -2.05. The maximum atomic E-state index is 6.36. The number of halogens is 2. The minimum Gasteiger partial charge on any atom is -0.353 e. The molecule has 3 nitrogen and oxygen atoms in total. The molecule has 3 rings (SSSR count). The van der Waals surface area contributed by atoms with Gasteiger partial charge in [0.2, 0.25) is 0 Å². The van der Waals surface area contributed by atoms with E-state index in [1.807, 2.05) is 24.3 Å². The van der Waals surface area contributed by atoms with Gasteiger partial charge in [-0.05, 0) is 49.6 Å². The van der Waals surface area contributed by atoms with Crippen molar-refractivity contribution < 1.29 is 0 Å². The van der Waals surface area contributed by atoms with E-state index in [-0.39, 0.29) is 0 Å². The molecule has 1 aromatic carbocycles. The molecule has 0 saturated heterocycles. The normalized spacial score (nSPS) is 11.2. The van der Waals surface area contributed by atoms with Crippen molar-refractivity contribution in [2.45, 2.75) is 19.3 Å². The smallest absolute Gasteiger partial charge is 0.0833 e. The second-order valence-corrected chi connectivity index (χ2v) is 6.03. The van der Waals surface area contributed by atoms with Crippen LogP contribution in [0.15, 0.2) is 36.7 Å². The van der Waals surface area contributed by atoms with Crippen LogP contribution in [0.3, 0.4) is 0 Å². The minimum atomic E-state index is 0.560. The zero-order chi connectivity index (χ0) is 15.5. The monoisotopic (exact) mass is 333 g/mol. The second kappa shape index (κ2) is 6.69. The maximum absolute atomic E-state index is 6.36. The van der Waals surface area contributed by atoms with Crippen LogP contribution in [0.4, 0.5) is 0 Å². The van der Waals surface area contributed by atoms with Gasteiger partial charge in [-0.1, -0.05) is 29.3 Å². The van der Waals surface area contributed by atoms with Crippen molar-refractivity contribution >= 4 is 34.1 Å². The Bertz CT molecular complexity index is 781. The number of nitrogens with two attached hydrogens (primary N) is 1. The first-order valence-electron chi connectivity index (χ1n) is 7.31. The third-order valence-corrected chi connectivity index (χ3v) is 4.63. The summed E-state index contributed by atoms with van der Waals surface area (Å²) in [6.45, 7) is 0.708. The zero-order valence-electron chi connectivity index (χ0n) is 12.1. The molecule has 0 amide bonds. The van der Waals surface area contributed by atoms with E-state index in [1.54, 1.807) is 12.4 Å². The minimum absolute atomic E-state index is 0.560. The maximum Gasteiger partial charge on any atom is 0.0833 e. The van der Waals surface area contributed by atoms with Gasteiger partial charge < -0.3 is 10.7 Å². The molecule has 0 bridgehead atoms. The van der Waals surface area contributed by atoms with E-state index in [4.69, 9.17) is 28.9 Å². The van der Waals surface area contributed by atoms with Crippen LogP contribution in [-0.4, -0.2) is 16.5 Å². The van der Waals surface area contributed by atoms with Gasteiger partial charge in [0.05, 0.1) is 15.6 Å². The summed E-state index contributed by atoms with van der Waals surface area (Å²) in [4.78, 5) is 7.53. The number of fused-ring (bicyclic) bond motifs is 1. The van der Waals surface area contributed by atoms with Crippen molar-refractivity contribution in [1.82, 2.24) is 9.97 Å². The molecular weight excluding hydrogens is 317 g/mol. The molecule has 22 heavy (non-hydrogen) atoms. The molecule has 2 heterocycles. The molecule has 0 aliphatic carbocycles. The third-order valence-electron chi connectivity index (χ3n) is 3.82. The highest BCUT2D eigenvalue weighted by atomic mass is 35.5. The summed E-state index contributed by atoms with van der Waals surface area (Å²) in [7, 11) is 0. The second-order valence-electron chi connectivity index (χ2n) is 5.24. The predicted molar refractivity (Wildman–Crippen MR) is 93.5 cm³/mol. The van der Waals surface area contributed by atoms with Crippen LogP contribution in [0, 0.1) is 0 Å². The quantitative estimate of drug-likeness (QED) is 0.657. The number of nitrogens with zero attached hydrogens (tertiary/aromatic N) is 1. The average molecular weight is 334 g/mol. The van der Waals surface area contributed by atoms with Crippen molar-refractivity contribution in [2.24, 2.45) is 5.73 Å². The number of hydrogen-bond acceptors (Lipinski definition) is 2. The van der Waals surface area contributed by atoms with Gasteiger partial charge >= 0.3 is 0 Å². The first kappa shape index (κ1) is 15.3. The molecule has 5 heteroatoms. The molecule has 0 atom stereocenters. The zero-order valence-corrected chi connectivity index (χ0v) is 13.6. The Morgan fingerprint density at radius 2 is 1.82 bits per heavy atom. The van der Waals surface area contributed by atoms with Crippen LogP contribution in [-0.2, 0) is 6.42 Å². The Morgan fingerprint density at radius 3 is 2.55 bits per heavy atom. The number of aryl methyl sites for hydroxylation is 1. The largest absolute Gasteiger partial charge is 0.353 e. The summed E-state index contributed by atoms with van der Waals surface area (Å²) in [6.07, 6.45) is 6.58. The molecule has 2 aromatic heterocycles. The fourth-order valence-electron chi connectivity index (χ4n) is 2.73. The van der Waals surface area contributed by atoms with Gasteiger partial charge in [-0.2, -0.15) is 0 Å². The van der Waals surface area contributed by atoms with Gasteiger partial charge in [0.1, 0.15) is 0 Å². The summed E-state index contributed by atoms with van der Waals surface area (Å²) in [5.74, 6) is 0. The van der Waals surface area contributed by atoms with Gasteiger partial charge in [0.25, 0.3) is 0 Å². The fourth-order valence-corrected chi connectivity index (χ4v) is 3.10.